The van der Waals surface area contributed by atoms with Gasteiger partial charge in [-0.3, -0.25) is 4.98 Å². The molecular weight excluding hydrogens is 271 g/mol. The van der Waals surface area contributed by atoms with Crippen LogP contribution in [0.3, 0.4) is 0 Å². The van der Waals surface area contributed by atoms with Gasteiger partial charge in [0.05, 0.1) is 11.1 Å². The van der Waals surface area contributed by atoms with Gasteiger partial charge in [0.15, 0.2) is 0 Å². The zero-order valence-corrected chi connectivity index (χ0v) is 11.2. The zero-order chi connectivity index (χ0) is 13.9. The first-order chi connectivity index (χ1) is 9.78. The van der Waals surface area contributed by atoms with E-state index in [1.165, 1.54) is 23.9 Å². The molecule has 2 nitrogen and oxygen atoms in total. The van der Waals surface area contributed by atoms with Crippen LogP contribution in [-0.2, 0) is 0 Å². The Kier molecular flexibility index (Phi) is 3.36. The first-order valence-corrected chi connectivity index (χ1v) is 6.81. The van der Waals surface area contributed by atoms with Gasteiger partial charge in [-0.25, -0.2) is 4.39 Å². The van der Waals surface area contributed by atoms with Crippen molar-refractivity contribution in [2.75, 3.05) is 0 Å². The molecule has 0 atom stereocenters. The average molecular weight is 280 g/mol. The standard InChI is InChI=1S/C16H9FN2S/c17-12-5-7-13(8-6-12)20-16-11(9-18)10-19-15-4-2-1-3-14(15)16/h1-8,10H. The van der Waals surface area contributed by atoms with Crippen molar-refractivity contribution < 1.29 is 4.39 Å². The number of aromatic nitrogens is 1. The molecule has 0 aliphatic carbocycles. The summed E-state index contributed by atoms with van der Waals surface area (Å²) in [6, 6.07) is 16.1. The summed E-state index contributed by atoms with van der Waals surface area (Å²) in [5.74, 6) is -0.269. The van der Waals surface area contributed by atoms with Crippen LogP contribution in [0, 0.1) is 17.1 Å². The highest BCUT2D eigenvalue weighted by molar-refractivity contribution is 7.99. The molecule has 0 saturated heterocycles. The summed E-state index contributed by atoms with van der Waals surface area (Å²) in [7, 11) is 0. The molecule has 0 aliphatic rings. The van der Waals surface area contributed by atoms with Crippen molar-refractivity contribution in [2.45, 2.75) is 9.79 Å². The lowest BCUT2D eigenvalue weighted by Gasteiger charge is -2.07. The van der Waals surface area contributed by atoms with Crippen molar-refractivity contribution in [3.05, 3.63) is 66.1 Å². The van der Waals surface area contributed by atoms with Gasteiger partial charge < -0.3 is 0 Å². The fraction of sp³-hybridized carbons (Fsp3) is 0. The molecule has 0 amide bonds. The van der Waals surface area contributed by atoms with E-state index in [9.17, 15) is 9.65 Å². The molecule has 0 aliphatic heterocycles. The van der Waals surface area contributed by atoms with Gasteiger partial charge in [0.2, 0.25) is 0 Å². The molecule has 4 heteroatoms. The number of halogens is 1. The smallest absolute Gasteiger partial charge is 0.123 e. The van der Waals surface area contributed by atoms with Crippen molar-refractivity contribution in [3.63, 3.8) is 0 Å². The Bertz CT molecular complexity index is 807. The van der Waals surface area contributed by atoms with Crippen molar-refractivity contribution in [1.29, 1.82) is 5.26 Å². The number of fused-ring (bicyclic) bond motifs is 1. The maximum absolute atomic E-state index is 13.0. The third-order valence-corrected chi connectivity index (χ3v) is 4.03. The summed E-state index contributed by atoms with van der Waals surface area (Å²) in [5.41, 5.74) is 1.37. The molecule has 0 unspecified atom stereocenters. The Morgan fingerprint density at radius 3 is 2.55 bits per heavy atom. The topological polar surface area (TPSA) is 36.7 Å². The number of rotatable bonds is 2. The van der Waals surface area contributed by atoms with Gasteiger partial charge in [-0.2, -0.15) is 5.26 Å². The van der Waals surface area contributed by atoms with Gasteiger partial charge in [-0.15, -0.1) is 0 Å². The SMILES string of the molecule is N#Cc1cnc2ccccc2c1Sc1ccc(F)cc1. The molecular formula is C16H9FN2S. The predicted molar refractivity (Wildman–Crippen MR) is 77.0 cm³/mol. The highest BCUT2D eigenvalue weighted by Crippen LogP contribution is 2.35. The van der Waals surface area contributed by atoms with Gasteiger partial charge in [0.25, 0.3) is 0 Å². The van der Waals surface area contributed by atoms with Gasteiger partial charge in [-0.1, -0.05) is 30.0 Å². The quantitative estimate of drug-likeness (QED) is 0.698. The molecule has 0 bridgehead atoms. The summed E-state index contributed by atoms with van der Waals surface area (Å²) in [5, 5.41) is 10.2. The third kappa shape index (κ3) is 2.36. The van der Waals surface area contributed by atoms with Crippen LogP contribution in [0.25, 0.3) is 10.9 Å². The van der Waals surface area contributed by atoms with Crippen LogP contribution in [0.2, 0.25) is 0 Å². The van der Waals surface area contributed by atoms with E-state index in [4.69, 9.17) is 0 Å². The van der Waals surface area contributed by atoms with E-state index in [2.05, 4.69) is 11.1 Å². The van der Waals surface area contributed by atoms with E-state index < -0.39 is 0 Å². The van der Waals surface area contributed by atoms with Crippen LogP contribution in [-0.4, -0.2) is 4.98 Å². The lowest BCUT2D eigenvalue weighted by atomic mass is 10.2. The Hall–Kier alpha value is -2.38. The Morgan fingerprint density at radius 1 is 1.05 bits per heavy atom. The van der Waals surface area contributed by atoms with E-state index in [1.807, 2.05) is 24.3 Å². The van der Waals surface area contributed by atoms with Crippen molar-refractivity contribution >= 4 is 22.7 Å². The minimum atomic E-state index is -0.269. The van der Waals surface area contributed by atoms with Gasteiger partial charge in [0.1, 0.15) is 11.9 Å². The Balaban J connectivity index is 2.14. The fourth-order valence-electron chi connectivity index (χ4n) is 1.93. The van der Waals surface area contributed by atoms with Crippen LogP contribution < -0.4 is 0 Å². The maximum Gasteiger partial charge on any atom is 0.123 e. The number of pyridine rings is 1. The fourth-order valence-corrected chi connectivity index (χ4v) is 2.92. The number of benzene rings is 2. The first-order valence-electron chi connectivity index (χ1n) is 5.99. The predicted octanol–water partition coefficient (Wildman–Crippen LogP) is 4.40. The summed E-state index contributed by atoms with van der Waals surface area (Å²) in [6.45, 7) is 0. The summed E-state index contributed by atoms with van der Waals surface area (Å²) in [6.07, 6.45) is 1.58. The van der Waals surface area contributed by atoms with Crippen molar-refractivity contribution in [2.24, 2.45) is 0 Å². The molecule has 96 valence electrons. The molecule has 0 fully saturated rings. The molecule has 20 heavy (non-hydrogen) atoms. The van der Waals surface area contributed by atoms with Crippen LogP contribution in [0.4, 0.5) is 4.39 Å². The Morgan fingerprint density at radius 2 is 1.80 bits per heavy atom. The number of nitriles is 1. The van der Waals surface area contributed by atoms with Gasteiger partial charge >= 0.3 is 0 Å². The number of hydrogen-bond acceptors (Lipinski definition) is 3. The van der Waals surface area contributed by atoms with E-state index in [0.29, 0.717) is 5.56 Å². The summed E-state index contributed by atoms with van der Waals surface area (Å²) < 4.78 is 13.0. The normalized spacial score (nSPS) is 10.4. The second-order valence-electron chi connectivity index (χ2n) is 4.19. The molecule has 3 aromatic rings. The minimum Gasteiger partial charge on any atom is -0.255 e. The highest BCUT2D eigenvalue weighted by Gasteiger charge is 2.10. The van der Waals surface area contributed by atoms with Crippen molar-refractivity contribution in [1.82, 2.24) is 4.98 Å². The molecule has 1 aromatic heterocycles. The average Bonchev–Trinajstić information content (AvgIpc) is 2.50. The van der Waals surface area contributed by atoms with E-state index in [-0.39, 0.29) is 5.82 Å². The van der Waals surface area contributed by atoms with Crippen LogP contribution in [0.1, 0.15) is 5.56 Å². The van der Waals surface area contributed by atoms with Gasteiger partial charge in [-0.05, 0) is 30.3 Å². The lowest BCUT2D eigenvalue weighted by Crippen LogP contribution is -1.88. The lowest BCUT2D eigenvalue weighted by molar-refractivity contribution is 0.626. The molecule has 1 heterocycles. The molecule has 0 spiro atoms. The van der Waals surface area contributed by atoms with E-state index >= 15 is 0 Å². The zero-order valence-electron chi connectivity index (χ0n) is 10.4. The second kappa shape index (κ2) is 5.32. The number of nitrogens with zero attached hydrogens (tertiary/aromatic N) is 2. The maximum atomic E-state index is 13.0. The van der Waals surface area contributed by atoms with E-state index in [1.54, 1.807) is 18.3 Å². The van der Waals surface area contributed by atoms with E-state index in [0.717, 1.165) is 20.7 Å². The summed E-state index contributed by atoms with van der Waals surface area (Å²) >= 11 is 1.45. The molecule has 0 N–H and O–H groups in total. The molecule has 0 radical (unpaired) electrons. The largest absolute Gasteiger partial charge is 0.255 e. The first kappa shape index (κ1) is 12.6. The van der Waals surface area contributed by atoms with Crippen LogP contribution in [0.15, 0.2) is 64.5 Å². The molecule has 2 aromatic carbocycles. The second-order valence-corrected chi connectivity index (χ2v) is 5.27. The van der Waals surface area contributed by atoms with Crippen LogP contribution >= 0.6 is 11.8 Å². The summed E-state index contributed by atoms with van der Waals surface area (Å²) in [4.78, 5) is 6.01. The van der Waals surface area contributed by atoms with Crippen molar-refractivity contribution in [3.8, 4) is 6.07 Å². The Labute approximate surface area is 119 Å². The number of hydrogen-bond donors (Lipinski definition) is 0. The number of para-hydroxylation sites is 1. The third-order valence-electron chi connectivity index (χ3n) is 2.88. The highest BCUT2D eigenvalue weighted by atomic mass is 32.2. The van der Waals surface area contributed by atoms with Crippen LogP contribution in [0.5, 0.6) is 0 Å². The molecule has 0 saturated carbocycles. The van der Waals surface area contributed by atoms with Gasteiger partial charge in [0, 0.05) is 21.4 Å². The molecule has 3 rings (SSSR count). The monoisotopic (exact) mass is 280 g/mol. The minimum absolute atomic E-state index is 0.269.